The summed E-state index contributed by atoms with van der Waals surface area (Å²) in [6.45, 7) is 0. The third-order valence-corrected chi connectivity index (χ3v) is 3.22. The highest BCUT2D eigenvalue weighted by atomic mass is 19.2. The largest absolute Gasteiger partial charge is 0.391 e. The van der Waals surface area contributed by atoms with Crippen molar-refractivity contribution in [3.8, 4) is 6.07 Å². The molecule has 0 spiro atoms. The second-order valence-corrected chi connectivity index (χ2v) is 4.96. The number of anilines is 2. The van der Waals surface area contributed by atoms with Crippen LogP contribution < -0.4 is 17.2 Å². The van der Waals surface area contributed by atoms with Crippen LogP contribution >= 0.6 is 0 Å². The number of rotatable bonds is 3. The van der Waals surface area contributed by atoms with Crippen molar-refractivity contribution < 1.29 is 32.2 Å². The topological polar surface area (TPSA) is 205 Å². The lowest BCUT2D eigenvalue weighted by Gasteiger charge is -2.03. The number of carbonyl (C=O) groups is 1. The summed E-state index contributed by atoms with van der Waals surface area (Å²) in [6, 6.07) is 2.37. The lowest BCUT2D eigenvalue weighted by Crippen LogP contribution is -2.16. The van der Waals surface area contributed by atoms with Crippen LogP contribution in [0, 0.1) is 54.8 Å². The average molecular weight is 416 g/mol. The van der Waals surface area contributed by atoms with Gasteiger partial charge in [0.25, 0.3) is 17.3 Å². The summed E-state index contributed by atoms with van der Waals surface area (Å²) in [6.07, 6.45) is 0. The molecule has 2 rings (SSSR count). The standard InChI is InChI=1S/C7H5F2N3O3.C7H3F2N3O2/c8-4-2(7(11)13)1-3(12(14)15)6(10)5(4)9;8-5-3(2-10)1-4(12(13)14)7(11)6(5)9/h1H,10H2,(H2,11,13);1H,11H2. The number of benzene rings is 2. The predicted molar refractivity (Wildman–Crippen MR) is 88.1 cm³/mol. The fraction of sp³-hybridized carbons (Fsp3) is 0. The molecule has 15 heteroatoms. The zero-order chi connectivity index (χ0) is 22.6. The van der Waals surface area contributed by atoms with E-state index >= 15 is 0 Å². The maximum Gasteiger partial charge on any atom is 0.296 e. The molecule has 0 aromatic heterocycles. The molecule has 0 bridgehead atoms. The first-order chi connectivity index (χ1) is 13.3. The van der Waals surface area contributed by atoms with E-state index in [1.54, 1.807) is 0 Å². The maximum atomic E-state index is 13.0. The van der Waals surface area contributed by atoms with Crippen LogP contribution in [0.3, 0.4) is 0 Å². The van der Waals surface area contributed by atoms with E-state index in [1.165, 1.54) is 6.07 Å². The Morgan fingerprint density at radius 3 is 1.69 bits per heavy atom. The molecule has 0 aliphatic heterocycles. The monoisotopic (exact) mass is 416 g/mol. The Kier molecular flexibility index (Phi) is 6.59. The third kappa shape index (κ3) is 4.44. The highest BCUT2D eigenvalue weighted by Gasteiger charge is 2.25. The van der Waals surface area contributed by atoms with Crippen molar-refractivity contribution in [2.24, 2.45) is 5.73 Å². The fourth-order valence-electron chi connectivity index (χ4n) is 1.82. The predicted octanol–water partition coefficient (Wildman–Crippen LogP) is 1.88. The summed E-state index contributed by atoms with van der Waals surface area (Å²) < 4.78 is 51.6. The van der Waals surface area contributed by atoms with E-state index in [9.17, 15) is 42.6 Å². The Morgan fingerprint density at radius 1 is 0.897 bits per heavy atom. The molecule has 0 aliphatic carbocycles. The molecule has 0 saturated carbocycles. The van der Waals surface area contributed by atoms with Crippen molar-refractivity contribution in [2.75, 3.05) is 11.5 Å². The van der Waals surface area contributed by atoms with Crippen LogP contribution in [0.2, 0.25) is 0 Å². The SMILES string of the molecule is N#Cc1cc([N+](=O)[O-])c(N)c(F)c1F.NC(=O)c1cc([N+](=O)[O-])c(N)c(F)c1F. The number of hydrogen-bond acceptors (Lipinski definition) is 8. The first kappa shape index (κ1) is 22.6. The molecule has 0 aliphatic rings. The van der Waals surface area contributed by atoms with Crippen molar-refractivity contribution >= 4 is 28.7 Å². The minimum atomic E-state index is -1.65. The first-order valence-electron chi connectivity index (χ1n) is 6.88. The third-order valence-electron chi connectivity index (χ3n) is 3.22. The van der Waals surface area contributed by atoms with Crippen LogP contribution in [-0.2, 0) is 0 Å². The quantitative estimate of drug-likeness (QED) is 0.291. The normalized spacial score (nSPS) is 9.76. The van der Waals surface area contributed by atoms with Crippen LogP contribution in [0.25, 0.3) is 0 Å². The number of nitriles is 1. The smallest absolute Gasteiger partial charge is 0.296 e. The number of nitro groups is 2. The number of carbonyl (C=O) groups excluding carboxylic acids is 1. The Labute approximate surface area is 157 Å². The Hall–Kier alpha value is -4.48. The van der Waals surface area contributed by atoms with Crippen LogP contribution in [-0.4, -0.2) is 15.8 Å². The molecule has 11 nitrogen and oxygen atoms in total. The minimum absolute atomic E-state index is 0.496. The molecule has 0 heterocycles. The number of hydrogen-bond donors (Lipinski definition) is 3. The van der Waals surface area contributed by atoms with Crippen molar-refractivity contribution in [1.29, 1.82) is 5.26 Å². The van der Waals surface area contributed by atoms with Gasteiger partial charge in [0.1, 0.15) is 17.4 Å². The number of nitrogens with zero attached hydrogens (tertiary/aromatic N) is 3. The summed E-state index contributed by atoms with van der Waals surface area (Å²) in [5.74, 6) is -7.61. The van der Waals surface area contributed by atoms with E-state index in [1.807, 2.05) is 0 Å². The number of nitrogen functional groups attached to an aromatic ring is 2. The fourth-order valence-corrected chi connectivity index (χ4v) is 1.82. The molecule has 0 atom stereocenters. The first-order valence-corrected chi connectivity index (χ1v) is 6.88. The van der Waals surface area contributed by atoms with Crippen LogP contribution in [0.15, 0.2) is 12.1 Å². The number of halogens is 4. The molecule has 6 N–H and O–H groups in total. The van der Waals surface area contributed by atoms with Gasteiger partial charge in [0.05, 0.1) is 21.0 Å². The van der Waals surface area contributed by atoms with Gasteiger partial charge < -0.3 is 17.2 Å². The Balaban J connectivity index is 0.000000291. The van der Waals surface area contributed by atoms with Crippen LogP contribution in [0.1, 0.15) is 15.9 Å². The molecule has 2 aromatic rings. The van der Waals surface area contributed by atoms with Gasteiger partial charge in [0.15, 0.2) is 23.3 Å². The van der Waals surface area contributed by atoms with E-state index in [4.69, 9.17) is 22.5 Å². The lowest BCUT2D eigenvalue weighted by molar-refractivity contribution is -0.384. The second-order valence-electron chi connectivity index (χ2n) is 4.96. The molecule has 0 radical (unpaired) electrons. The summed E-state index contributed by atoms with van der Waals surface area (Å²) in [5.41, 5.74) is 9.32. The van der Waals surface area contributed by atoms with Crippen LogP contribution in [0.5, 0.6) is 0 Å². The van der Waals surface area contributed by atoms with E-state index in [2.05, 4.69) is 0 Å². The van der Waals surface area contributed by atoms with E-state index in [0.717, 1.165) is 0 Å². The summed E-state index contributed by atoms with van der Waals surface area (Å²) in [7, 11) is 0. The maximum absolute atomic E-state index is 13.0. The van der Waals surface area contributed by atoms with E-state index in [-0.39, 0.29) is 0 Å². The van der Waals surface area contributed by atoms with Gasteiger partial charge >= 0.3 is 0 Å². The molecule has 0 saturated heterocycles. The zero-order valence-corrected chi connectivity index (χ0v) is 13.8. The summed E-state index contributed by atoms with van der Waals surface area (Å²) >= 11 is 0. The van der Waals surface area contributed by atoms with Gasteiger partial charge in [0.2, 0.25) is 0 Å². The number of amides is 1. The lowest BCUT2D eigenvalue weighted by atomic mass is 10.1. The van der Waals surface area contributed by atoms with Gasteiger partial charge in [-0.1, -0.05) is 0 Å². The van der Waals surface area contributed by atoms with Gasteiger partial charge in [-0.25, -0.2) is 17.6 Å². The van der Waals surface area contributed by atoms with Gasteiger partial charge in [-0.05, 0) is 0 Å². The van der Waals surface area contributed by atoms with Crippen molar-refractivity contribution in [1.82, 2.24) is 0 Å². The van der Waals surface area contributed by atoms with E-state index in [0.29, 0.717) is 12.1 Å². The van der Waals surface area contributed by atoms with Gasteiger partial charge in [-0.3, -0.25) is 25.0 Å². The van der Waals surface area contributed by atoms with Crippen molar-refractivity contribution in [3.05, 3.63) is 66.8 Å². The summed E-state index contributed by atoms with van der Waals surface area (Å²) in [4.78, 5) is 29.2. The average Bonchev–Trinajstić information content (AvgIpc) is 2.64. The number of nitro benzene ring substituents is 2. The Morgan fingerprint density at radius 2 is 1.31 bits per heavy atom. The molecule has 1 amide bonds. The summed E-state index contributed by atoms with van der Waals surface area (Å²) in [5, 5.41) is 28.9. The molecular weight excluding hydrogens is 408 g/mol. The van der Waals surface area contributed by atoms with Crippen molar-refractivity contribution in [2.45, 2.75) is 0 Å². The molecule has 152 valence electrons. The Bertz CT molecular complexity index is 1050. The van der Waals surface area contributed by atoms with Gasteiger partial charge in [-0.2, -0.15) is 5.26 Å². The molecule has 29 heavy (non-hydrogen) atoms. The minimum Gasteiger partial charge on any atom is -0.391 e. The number of nitrogens with two attached hydrogens (primary N) is 3. The molecule has 0 fully saturated rings. The highest BCUT2D eigenvalue weighted by molar-refractivity contribution is 5.94. The van der Waals surface area contributed by atoms with Gasteiger partial charge in [-0.15, -0.1) is 0 Å². The highest BCUT2D eigenvalue weighted by Crippen LogP contribution is 2.29. The van der Waals surface area contributed by atoms with E-state index < -0.39 is 72.9 Å². The number of primary amides is 1. The second kappa shape index (κ2) is 8.47. The molecular formula is C14H8F4N6O5. The molecule has 0 unspecified atom stereocenters. The van der Waals surface area contributed by atoms with Crippen molar-refractivity contribution in [3.63, 3.8) is 0 Å². The zero-order valence-electron chi connectivity index (χ0n) is 13.8. The van der Waals surface area contributed by atoms with Gasteiger partial charge in [0, 0.05) is 12.1 Å². The van der Waals surface area contributed by atoms with Crippen LogP contribution in [0.4, 0.5) is 40.3 Å². The molecule has 2 aromatic carbocycles.